The molecule has 2 aliphatic heterocycles. The molecule has 1 N–H and O–H groups in total. The van der Waals surface area contributed by atoms with E-state index in [9.17, 15) is 4.79 Å². The second-order valence-electron chi connectivity index (χ2n) is 7.66. The van der Waals surface area contributed by atoms with Crippen LogP contribution in [0.4, 0.5) is 9.93 Å². The van der Waals surface area contributed by atoms with Crippen molar-refractivity contribution in [3.05, 3.63) is 11.9 Å². The van der Waals surface area contributed by atoms with Gasteiger partial charge < -0.3 is 15.1 Å². The molecular weight excluding hydrogens is 324 g/mol. The van der Waals surface area contributed by atoms with Crippen LogP contribution in [0.25, 0.3) is 4.96 Å². The number of carbonyl (C=O) groups is 1. The topological polar surface area (TPSA) is 65.8 Å². The maximum atomic E-state index is 11.9. The lowest BCUT2D eigenvalue weighted by atomic mass is 9.93. The first-order valence-electron chi connectivity index (χ1n) is 8.58. The summed E-state index contributed by atoms with van der Waals surface area (Å²) >= 11 is 1.63. The Kier molecular flexibility index (Phi) is 3.67. The fourth-order valence-corrected chi connectivity index (χ4v) is 4.31. The molecule has 0 spiro atoms. The summed E-state index contributed by atoms with van der Waals surface area (Å²) in [6.45, 7) is 9.92. The standard InChI is InChI=1S/C16H24N6OS/c1-16(2,3)12-10-22-14(18-12)24-15(19-22)20-7-4-5-11(9-20)21-8-6-17-13(21)23/h10-11H,4-9H2,1-3H3,(H,17,23). The van der Waals surface area contributed by atoms with Gasteiger partial charge in [0.2, 0.25) is 10.1 Å². The highest BCUT2D eigenvalue weighted by atomic mass is 32.1. The summed E-state index contributed by atoms with van der Waals surface area (Å²) in [7, 11) is 0. The van der Waals surface area contributed by atoms with Gasteiger partial charge in [0.25, 0.3) is 0 Å². The van der Waals surface area contributed by atoms with Crippen LogP contribution in [0.3, 0.4) is 0 Å². The lowest BCUT2D eigenvalue weighted by Crippen LogP contribution is -2.49. The van der Waals surface area contributed by atoms with Gasteiger partial charge in [-0.05, 0) is 12.8 Å². The Morgan fingerprint density at radius 1 is 1.33 bits per heavy atom. The number of carbonyl (C=O) groups excluding carboxylic acids is 1. The van der Waals surface area contributed by atoms with Gasteiger partial charge in [-0.25, -0.2) is 14.3 Å². The molecule has 0 bridgehead atoms. The van der Waals surface area contributed by atoms with Crippen LogP contribution in [0.2, 0.25) is 0 Å². The van der Waals surface area contributed by atoms with E-state index in [1.165, 1.54) is 0 Å². The third-order valence-electron chi connectivity index (χ3n) is 4.80. The van der Waals surface area contributed by atoms with E-state index in [-0.39, 0.29) is 17.5 Å². The molecule has 2 aromatic heterocycles. The molecular formula is C16H24N6OS. The summed E-state index contributed by atoms with van der Waals surface area (Å²) in [5.41, 5.74) is 1.10. The predicted molar refractivity (Wildman–Crippen MR) is 94.9 cm³/mol. The van der Waals surface area contributed by atoms with Gasteiger partial charge in [0.1, 0.15) is 0 Å². The number of nitrogens with zero attached hydrogens (tertiary/aromatic N) is 5. The molecule has 0 saturated carbocycles. The smallest absolute Gasteiger partial charge is 0.317 e. The molecule has 2 amide bonds. The van der Waals surface area contributed by atoms with Crippen molar-refractivity contribution in [1.29, 1.82) is 0 Å². The Morgan fingerprint density at radius 2 is 2.17 bits per heavy atom. The molecule has 0 radical (unpaired) electrons. The van der Waals surface area contributed by atoms with Gasteiger partial charge in [-0.15, -0.1) is 5.10 Å². The number of rotatable bonds is 2. The zero-order chi connectivity index (χ0) is 16.9. The predicted octanol–water partition coefficient (Wildman–Crippen LogP) is 2.08. The highest BCUT2D eigenvalue weighted by molar-refractivity contribution is 7.20. The van der Waals surface area contributed by atoms with E-state index in [1.54, 1.807) is 11.3 Å². The molecule has 1 atom stereocenters. The monoisotopic (exact) mass is 348 g/mol. The van der Waals surface area contributed by atoms with E-state index in [0.29, 0.717) is 0 Å². The van der Waals surface area contributed by atoms with Crippen LogP contribution in [0.5, 0.6) is 0 Å². The van der Waals surface area contributed by atoms with Gasteiger partial charge in [0.15, 0.2) is 0 Å². The number of hydrogen-bond donors (Lipinski definition) is 1. The third kappa shape index (κ3) is 2.72. The average molecular weight is 348 g/mol. The first-order valence-corrected chi connectivity index (χ1v) is 9.39. The van der Waals surface area contributed by atoms with Gasteiger partial charge in [0.05, 0.1) is 17.9 Å². The molecule has 2 aromatic rings. The maximum Gasteiger partial charge on any atom is 0.317 e. The van der Waals surface area contributed by atoms with Gasteiger partial charge in [-0.3, -0.25) is 0 Å². The normalized spacial score (nSPS) is 22.5. The minimum Gasteiger partial charge on any atom is -0.345 e. The van der Waals surface area contributed by atoms with Gasteiger partial charge in [-0.2, -0.15) is 0 Å². The van der Waals surface area contributed by atoms with E-state index in [0.717, 1.165) is 54.8 Å². The van der Waals surface area contributed by atoms with Crippen LogP contribution in [-0.2, 0) is 5.41 Å². The molecule has 4 rings (SSSR count). The van der Waals surface area contributed by atoms with Crippen LogP contribution < -0.4 is 10.2 Å². The van der Waals surface area contributed by atoms with E-state index >= 15 is 0 Å². The lowest BCUT2D eigenvalue weighted by Gasteiger charge is -2.36. The highest BCUT2D eigenvalue weighted by Gasteiger charge is 2.32. The van der Waals surface area contributed by atoms with Crippen LogP contribution in [0.1, 0.15) is 39.3 Å². The summed E-state index contributed by atoms with van der Waals surface area (Å²) in [6.07, 6.45) is 4.19. The fraction of sp³-hybridized carbons (Fsp3) is 0.688. The lowest BCUT2D eigenvalue weighted by molar-refractivity contribution is 0.189. The number of amides is 2. The summed E-state index contributed by atoms with van der Waals surface area (Å²) < 4.78 is 1.90. The van der Waals surface area contributed by atoms with E-state index in [1.807, 2.05) is 15.6 Å². The number of fused-ring (bicyclic) bond motifs is 1. The van der Waals surface area contributed by atoms with Crippen molar-refractivity contribution in [2.45, 2.75) is 45.1 Å². The minimum atomic E-state index is 0.0346. The number of urea groups is 1. The summed E-state index contributed by atoms with van der Waals surface area (Å²) in [6, 6.07) is 0.355. The zero-order valence-electron chi connectivity index (χ0n) is 14.4. The number of nitrogens with one attached hydrogen (secondary N) is 1. The quantitative estimate of drug-likeness (QED) is 0.902. The molecule has 8 heteroatoms. The van der Waals surface area contributed by atoms with Gasteiger partial charge >= 0.3 is 6.03 Å². The average Bonchev–Trinajstić information content (AvgIpc) is 3.20. The molecule has 4 heterocycles. The third-order valence-corrected chi connectivity index (χ3v) is 5.78. The molecule has 0 aliphatic carbocycles. The molecule has 7 nitrogen and oxygen atoms in total. The van der Waals surface area contributed by atoms with E-state index in [4.69, 9.17) is 10.1 Å². The first kappa shape index (κ1) is 15.7. The van der Waals surface area contributed by atoms with Crippen LogP contribution in [0.15, 0.2) is 6.20 Å². The van der Waals surface area contributed by atoms with Crippen molar-refractivity contribution in [1.82, 2.24) is 24.8 Å². The number of aromatic nitrogens is 3. The zero-order valence-corrected chi connectivity index (χ0v) is 15.3. The number of imidazole rings is 1. The molecule has 2 saturated heterocycles. The maximum absolute atomic E-state index is 11.9. The molecule has 2 aliphatic rings. The highest BCUT2D eigenvalue weighted by Crippen LogP contribution is 2.30. The Morgan fingerprint density at radius 3 is 2.83 bits per heavy atom. The SMILES string of the molecule is CC(C)(C)c1cn2nc(N3CCCC(N4CCNC4=O)C3)sc2n1. The Labute approximate surface area is 145 Å². The summed E-state index contributed by atoms with van der Waals surface area (Å²) in [5.74, 6) is 0. The second-order valence-corrected chi connectivity index (χ2v) is 8.59. The molecule has 130 valence electrons. The van der Waals surface area contributed by atoms with E-state index in [2.05, 4.69) is 31.0 Å². The van der Waals surface area contributed by atoms with Crippen molar-refractivity contribution < 1.29 is 4.79 Å². The fourth-order valence-electron chi connectivity index (χ4n) is 3.40. The largest absolute Gasteiger partial charge is 0.345 e. The van der Waals surface area contributed by atoms with Crippen molar-refractivity contribution in [3.8, 4) is 0 Å². The van der Waals surface area contributed by atoms with Crippen molar-refractivity contribution in [3.63, 3.8) is 0 Å². The van der Waals surface area contributed by atoms with Gasteiger partial charge in [-0.1, -0.05) is 32.1 Å². The molecule has 24 heavy (non-hydrogen) atoms. The van der Waals surface area contributed by atoms with Crippen molar-refractivity contribution >= 4 is 27.5 Å². The number of hydrogen-bond acceptors (Lipinski definition) is 5. The minimum absolute atomic E-state index is 0.0346. The molecule has 2 fully saturated rings. The van der Waals surface area contributed by atoms with Crippen molar-refractivity contribution in [2.75, 3.05) is 31.1 Å². The Bertz CT molecular complexity index is 729. The van der Waals surface area contributed by atoms with Crippen LogP contribution in [-0.4, -0.2) is 57.7 Å². The summed E-state index contributed by atoms with van der Waals surface area (Å²) in [5, 5.41) is 8.63. The molecule has 0 aromatic carbocycles. The van der Waals surface area contributed by atoms with Crippen LogP contribution in [0, 0.1) is 0 Å². The summed E-state index contributed by atoms with van der Waals surface area (Å²) in [4.78, 5) is 21.9. The molecule has 1 unspecified atom stereocenters. The van der Waals surface area contributed by atoms with Crippen molar-refractivity contribution in [2.24, 2.45) is 0 Å². The van der Waals surface area contributed by atoms with E-state index < -0.39 is 0 Å². The first-order chi connectivity index (χ1) is 11.4. The second kappa shape index (κ2) is 5.61. The Hall–Kier alpha value is -1.83. The number of anilines is 1. The van der Waals surface area contributed by atoms with Crippen LogP contribution >= 0.6 is 11.3 Å². The Balaban J connectivity index is 1.53. The number of piperidine rings is 1. The van der Waals surface area contributed by atoms with Gasteiger partial charge in [0, 0.05) is 31.6 Å².